The number of carbonyl (C=O) groups is 2. The number of thiazole rings is 1. The van der Waals surface area contributed by atoms with Crippen LogP contribution in [-0.4, -0.2) is 46.0 Å². The number of carboxylic acids is 1. The van der Waals surface area contributed by atoms with Crippen molar-refractivity contribution in [3.63, 3.8) is 0 Å². The molecule has 0 bridgehead atoms. The van der Waals surface area contributed by atoms with Gasteiger partial charge in [-0.2, -0.15) is 0 Å². The van der Waals surface area contributed by atoms with Crippen LogP contribution < -0.4 is 21.3 Å². The van der Waals surface area contributed by atoms with Crippen LogP contribution in [0.1, 0.15) is 23.3 Å². The van der Waals surface area contributed by atoms with Crippen molar-refractivity contribution in [1.29, 1.82) is 0 Å². The maximum absolute atomic E-state index is 12.7. The minimum Gasteiger partial charge on any atom is -0.480 e. The maximum Gasteiger partial charge on any atom is 0.319 e. The first-order valence-corrected chi connectivity index (χ1v) is 11.0. The van der Waals surface area contributed by atoms with Crippen molar-refractivity contribution in [1.82, 2.24) is 4.98 Å². The van der Waals surface area contributed by atoms with Gasteiger partial charge in [-0.3, -0.25) is 9.59 Å². The molecule has 29 heavy (non-hydrogen) atoms. The van der Waals surface area contributed by atoms with Gasteiger partial charge in [-0.05, 0) is 30.4 Å². The number of amides is 1. The molecule has 1 amide bonds. The number of aromatic nitrogens is 1. The van der Waals surface area contributed by atoms with E-state index in [0.717, 1.165) is 25.1 Å². The zero-order valence-electron chi connectivity index (χ0n) is 15.4. The Labute approximate surface area is 176 Å². The van der Waals surface area contributed by atoms with E-state index in [1.165, 1.54) is 23.1 Å². The van der Waals surface area contributed by atoms with Crippen LogP contribution in [-0.2, 0) is 4.79 Å². The van der Waals surface area contributed by atoms with Gasteiger partial charge < -0.3 is 26.4 Å². The van der Waals surface area contributed by atoms with E-state index in [1.54, 1.807) is 16.9 Å². The Hall–Kier alpha value is -2.56. The number of carboxylic acid groups (broad SMARTS) is 1. The standard InChI is InChI=1S/C19H21N5O3S2/c20-15-6-3-8-24(15)14-5-2-1-4-11(14)21-17(25)13-10-29-19(23-13)22-12-7-9-28-16(12)18(26)27/h1-2,4-5,7,9-10,12,15-16H,3,6,8,20H2,(H,21,25)(H,22,23)(H,26,27)/t12?,15-,16?/m0/s1. The number of nitrogens with zero attached hydrogens (tertiary/aromatic N) is 2. The van der Waals surface area contributed by atoms with Crippen LogP contribution in [0, 0.1) is 0 Å². The van der Waals surface area contributed by atoms with Gasteiger partial charge in [0.1, 0.15) is 10.9 Å². The summed E-state index contributed by atoms with van der Waals surface area (Å²) < 4.78 is 0. The molecular formula is C19H21N5O3S2. The number of hydrogen-bond acceptors (Lipinski definition) is 8. The van der Waals surface area contributed by atoms with Crippen molar-refractivity contribution >= 4 is 51.5 Å². The number of rotatable bonds is 6. The van der Waals surface area contributed by atoms with Gasteiger partial charge in [-0.15, -0.1) is 23.1 Å². The van der Waals surface area contributed by atoms with Crippen LogP contribution in [0.25, 0.3) is 0 Å². The molecule has 3 atom stereocenters. The highest BCUT2D eigenvalue weighted by Gasteiger charge is 2.31. The molecule has 8 nitrogen and oxygen atoms in total. The summed E-state index contributed by atoms with van der Waals surface area (Å²) >= 11 is 2.52. The van der Waals surface area contributed by atoms with Gasteiger partial charge in [0.05, 0.1) is 23.6 Å². The summed E-state index contributed by atoms with van der Waals surface area (Å²) in [6.45, 7) is 0.858. The second-order valence-corrected chi connectivity index (χ2v) is 8.72. The fraction of sp³-hybridized carbons (Fsp3) is 0.316. The predicted molar refractivity (Wildman–Crippen MR) is 117 cm³/mol. The van der Waals surface area contributed by atoms with Crippen molar-refractivity contribution in [2.45, 2.75) is 30.3 Å². The molecule has 152 valence electrons. The lowest BCUT2D eigenvalue weighted by Gasteiger charge is -2.26. The molecule has 0 spiro atoms. The summed E-state index contributed by atoms with van der Waals surface area (Å²) in [7, 11) is 0. The first kappa shape index (κ1) is 19.7. The van der Waals surface area contributed by atoms with Gasteiger partial charge >= 0.3 is 5.97 Å². The quantitative estimate of drug-likeness (QED) is 0.551. The fourth-order valence-electron chi connectivity index (χ4n) is 3.43. The molecule has 10 heteroatoms. The Morgan fingerprint density at radius 2 is 2.14 bits per heavy atom. The molecule has 1 saturated heterocycles. The summed E-state index contributed by atoms with van der Waals surface area (Å²) in [5.74, 6) is -1.20. The van der Waals surface area contributed by atoms with Gasteiger partial charge in [-0.25, -0.2) is 4.98 Å². The molecule has 2 aliphatic rings. The average Bonchev–Trinajstić information content (AvgIpc) is 3.44. The highest BCUT2D eigenvalue weighted by atomic mass is 32.2. The minimum atomic E-state index is -0.885. The van der Waals surface area contributed by atoms with E-state index < -0.39 is 11.2 Å². The third-order valence-corrected chi connectivity index (χ3v) is 6.74. The van der Waals surface area contributed by atoms with E-state index in [2.05, 4.69) is 20.5 Å². The Morgan fingerprint density at radius 1 is 1.31 bits per heavy atom. The largest absolute Gasteiger partial charge is 0.480 e. The molecule has 2 unspecified atom stereocenters. The number of hydrogen-bond donors (Lipinski definition) is 4. The van der Waals surface area contributed by atoms with E-state index in [-0.39, 0.29) is 23.8 Å². The minimum absolute atomic E-state index is 0.0531. The maximum atomic E-state index is 12.7. The fourth-order valence-corrected chi connectivity index (χ4v) is 5.04. The van der Waals surface area contributed by atoms with Crippen molar-refractivity contribution < 1.29 is 14.7 Å². The third-order valence-electron chi connectivity index (χ3n) is 4.87. The molecule has 2 aliphatic heterocycles. The van der Waals surface area contributed by atoms with Crippen molar-refractivity contribution in [3.8, 4) is 0 Å². The predicted octanol–water partition coefficient (Wildman–Crippen LogP) is 2.77. The van der Waals surface area contributed by atoms with Crippen molar-refractivity contribution in [2.75, 3.05) is 22.1 Å². The number of aliphatic carboxylic acids is 1. The van der Waals surface area contributed by atoms with Gasteiger partial charge in [0.2, 0.25) is 0 Å². The summed E-state index contributed by atoms with van der Waals surface area (Å²) in [6, 6.07) is 7.22. The molecule has 1 fully saturated rings. The third kappa shape index (κ3) is 4.24. The molecule has 1 aromatic heterocycles. The van der Waals surface area contributed by atoms with E-state index >= 15 is 0 Å². The zero-order valence-corrected chi connectivity index (χ0v) is 17.1. The molecule has 0 saturated carbocycles. The Bertz CT molecular complexity index is 947. The van der Waals surface area contributed by atoms with E-state index in [0.29, 0.717) is 10.8 Å². The Morgan fingerprint density at radius 3 is 2.90 bits per heavy atom. The lowest BCUT2D eigenvalue weighted by Crippen LogP contribution is -2.37. The summed E-state index contributed by atoms with van der Waals surface area (Å²) in [5, 5.41) is 18.6. The topological polar surface area (TPSA) is 121 Å². The molecule has 0 aliphatic carbocycles. The number of thioether (sulfide) groups is 1. The summed E-state index contributed by atoms with van der Waals surface area (Å²) in [4.78, 5) is 30.4. The van der Waals surface area contributed by atoms with Crippen LogP contribution in [0.5, 0.6) is 0 Å². The van der Waals surface area contributed by atoms with Gasteiger partial charge in [0.25, 0.3) is 5.91 Å². The SMILES string of the molecule is N[C@@H]1CCCN1c1ccccc1NC(=O)c1csc(NC2C=CSC2C(=O)O)n1. The van der Waals surface area contributed by atoms with Crippen LogP contribution in [0.3, 0.4) is 0 Å². The summed E-state index contributed by atoms with van der Waals surface area (Å²) in [5.41, 5.74) is 8.05. The van der Waals surface area contributed by atoms with Crippen LogP contribution in [0.2, 0.25) is 0 Å². The summed E-state index contributed by atoms with van der Waals surface area (Å²) in [6.07, 6.45) is 3.69. The van der Waals surface area contributed by atoms with E-state index in [1.807, 2.05) is 24.3 Å². The molecule has 0 radical (unpaired) electrons. The van der Waals surface area contributed by atoms with E-state index in [4.69, 9.17) is 5.73 Å². The first-order chi connectivity index (χ1) is 14.0. The lowest BCUT2D eigenvalue weighted by molar-refractivity contribution is -0.136. The van der Waals surface area contributed by atoms with E-state index in [9.17, 15) is 14.7 Å². The smallest absolute Gasteiger partial charge is 0.319 e. The first-order valence-electron chi connectivity index (χ1n) is 9.22. The van der Waals surface area contributed by atoms with Gasteiger partial charge in [0.15, 0.2) is 5.13 Å². The molecular weight excluding hydrogens is 410 g/mol. The number of nitrogens with one attached hydrogen (secondary N) is 2. The Balaban J connectivity index is 1.45. The number of para-hydroxylation sites is 2. The number of carbonyl (C=O) groups excluding carboxylic acids is 1. The highest BCUT2D eigenvalue weighted by molar-refractivity contribution is 8.03. The van der Waals surface area contributed by atoms with Gasteiger partial charge in [0, 0.05) is 11.9 Å². The number of nitrogens with two attached hydrogens (primary N) is 1. The molecule has 2 aromatic rings. The van der Waals surface area contributed by atoms with Crippen molar-refractivity contribution in [2.24, 2.45) is 5.73 Å². The number of anilines is 3. The van der Waals surface area contributed by atoms with Crippen LogP contribution >= 0.6 is 23.1 Å². The monoisotopic (exact) mass is 431 g/mol. The van der Waals surface area contributed by atoms with Crippen molar-refractivity contribution in [3.05, 3.63) is 46.8 Å². The second-order valence-electron chi connectivity index (χ2n) is 6.81. The van der Waals surface area contributed by atoms with Gasteiger partial charge in [-0.1, -0.05) is 18.2 Å². The zero-order chi connectivity index (χ0) is 20.4. The highest BCUT2D eigenvalue weighted by Crippen LogP contribution is 2.31. The van der Waals surface area contributed by atoms with Crippen LogP contribution in [0.4, 0.5) is 16.5 Å². The molecule has 5 N–H and O–H groups in total. The molecule has 3 heterocycles. The average molecular weight is 432 g/mol. The van der Waals surface area contributed by atoms with Crippen LogP contribution in [0.15, 0.2) is 41.1 Å². The molecule has 4 rings (SSSR count). The second kappa shape index (κ2) is 8.44. The number of benzene rings is 1. The normalized spacial score (nSPS) is 23.3. The Kier molecular flexibility index (Phi) is 5.74. The lowest BCUT2D eigenvalue weighted by atomic mass is 10.2. The molecule has 1 aromatic carbocycles.